The highest BCUT2D eigenvalue weighted by Gasteiger charge is 2.33. The van der Waals surface area contributed by atoms with Crippen LogP contribution in [0.3, 0.4) is 0 Å². The van der Waals surface area contributed by atoms with Crippen molar-refractivity contribution in [2.75, 3.05) is 32.0 Å². The lowest BCUT2D eigenvalue weighted by atomic mass is 10.0. The molecule has 9 heteroatoms. The summed E-state index contributed by atoms with van der Waals surface area (Å²) in [5.74, 6) is 1.55. The van der Waals surface area contributed by atoms with E-state index in [-0.39, 0.29) is 18.4 Å². The summed E-state index contributed by atoms with van der Waals surface area (Å²) in [7, 11) is -1.76. The van der Waals surface area contributed by atoms with Gasteiger partial charge >= 0.3 is 0 Å². The third-order valence-corrected chi connectivity index (χ3v) is 7.52. The fourth-order valence-corrected chi connectivity index (χ4v) is 5.44. The summed E-state index contributed by atoms with van der Waals surface area (Å²) >= 11 is 0. The highest BCUT2D eigenvalue weighted by Crippen LogP contribution is 2.31. The molecule has 1 amide bonds. The molecule has 8 nitrogen and oxygen atoms in total. The van der Waals surface area contributed by atoms with Crippen LogP contribution in [0.5, 0.6) is 0 Å². The van der Waals surface area contributed by atoms with Crippen molar-refractivity contribution in [2.45, 2.75) is 37.1 Å². The standard InChI is InChI=1S/C20H25N5O3S/c1-14(26)24-10-8-15(12-24)19-22-18-13-25(11-9-17(18)20(21-2)23-19)29(27,28)16-6-4-3-5-7-16/h3-7,15H,8-13H2,1-2H3,(H,21,22,23)/t15-/m0/s1. The van der Waals surface area contributed by atoms with Crippen LogP contribution in [-0.4, -0.2) is 60.2 Å². The van der Waals surface area contributed by atoms with Crippen LogP contribution in [0, 0.1) is 0 Å². The summed E-state index contributed by atoms with van der Waals surface area (Å²) in [6.07, 6.45) is 1.37. The molecule has 0 aliphatic carbocycles. The van der Waals surface area contributed by atoms with Crippen molar-refractivity contribution in [1.82, 2.24) is 19.2 Å². The van der Waals surface area contributed by atoms with Gasteiger partial charge in [-0.2, -0.15) is 4.31 Å². The molecule has 29 heavy (non-hydrogen) atoms. The zero-order valence-electron chi connectivity index (χ0n) is 16.6. The highest BCUT2D eigenvalue weighted by molar-refractivity contribution is 7.89. The lowest BCUT2D eigenvalue weighted by Gasteiger charge is -2.29. The number of sulfonamides is 1. The van der Waals surface area contributed by atoms with E-state index in [1.807, 2.05) is 7.05 Å². The van der Waals surface area contributed by atoms with Gasteiger partial charge in [-0.3, -0.25) is 4.79 Å². The summed E-state index contributed by atoms with van der Waals surface area (Å²) in [6, 6.07) is 8.49. The first-order valence-corrected chi connectivity index (χ1v) is 11.2. The Labute approximate surface area is 171 Å². The Bertz CT molecular complexity index is 1030. The molecule has 2 aliphatic rings. The maximum absolute atomic E-state index is 13.0. The SMILES string of the molecule is CNc1nc([C@H]2CCN(C(C)=O)C2)nc2c1CCN(S(=O)(=O)c1ccccc1)C2. The van der Waals surface area contributed by atoms with Crippen molar-refractivity contribution in [1.29, 1.82) is 0 Å². The van der Waals surface area contributed by atoms with E-state index in [4.69, 9.17) is 9.97 Å². The molecule has 0 radical (unpaired) electrons. The first kappa shape index (κ1) is 19.8. The van der Waals surface area contributed by atoms with E-state index in [1.54, 1.807) is 42.2 Å². The quantitative estimate of drug-likeness (QED) is 0.815. The predicted octanol–water partition coefficient (Wildman–Crippen LogP) is 1.60. The second-order valence-corrected chi connectivity index (χ2v) is 9.40. The Hall–Kier alpha value is -2.52. The van der Waals surface area contributed by atoms with Crippen LogP contribution in [0.1, 0.15) is 36.3 Å². The fourth-order valence-electron chi connectivity index (χ4n) is 4.02. The highest BCUT2D eigenvalue weighted by atomic mass is 32.2. The fraction of sp³-hybridized carbons (Fsp3) is 0.450. The minimum Gasteiger partial charge on any atom is -0.373 e. The van der Waals surface area contributed by atoms with Crippen LogP contribution in [0.15, 0.2) is 35.2 Å². The number of fused-ring (bicyclic) bond motifs is 1. The number of hydrogen-bond acceptors (Lipinski definition) is 6. The van der Waals surface area contributed by atoms with E-state index >= 15 is 0 Å². The van der Waals surface area contributed by atoms with Crippen molar-refractivity contribution in [3.8, 4) is 0 Å². The van der Waals surface area contributed by atoms with Gasteiger partial charge in [0.05, 0.1) is 17.1 Å². The molecule has 0 saturated carbocycles. The van der Waals surface area contributed by atoms with Crippen LogP contribution in [0.25, 0.3) is 0 Å². The second kappa shape index (κ2) is 7.72. The molecule has 4 rings (SSSR count). The number of nitrogens with one attached hydrogen (secondary N) is 1. The molecule has 0 unspecified atom stereocenters. The topological polar surface area (TPSA) is 95.5 Å². The van der Waals surface area contributed by atoms with Gasteiger partial charge in [-0.25, -0.2) is 18.4 Å². The molecule has 1 saturated heterocycles. The number of rotatable bonds is 4. The number of amides is 1. The van der Waals surface area contributed by atoms with Gasteiger partial charge < -0.3 is 10.2 Å². The normalized spacial score (nSPS) is 19.8. The van der Waals surface area contributed by atoms with Gasteiger partial charge in [0.25, 0.3) is 0 Å². The molecule has 3 heterocycles. The molecule has 1 aromatic heterocycles. The predicted molar refractivity (Wildman–Crippen MR) is 109 cm³/mol. The van der Waals surface area contributed by atoms with Crippen molar-refractivity contribution < 1.29 is 13.2 Å². The molecule has 2 aliphatic heterocycles. The summed E-state index contributed by atoms with van der Waals surface area (Å²) < 4.78 is 27.6. The van der Waals surface area contributed by atoms with Crippen LogP contribution in [0.2, 0.25) is 0 Å². The van der Waals surface area contributed by atoms with Crippen LogP contribution in [-0.2, 0) is 27.8 Å². The van der Waals surface area contributed by atoms with Gasteiger partial charge in [0.2, 0.25) is 15.9 Å². The monoisotopic (exact) mass is 415 g/mol. The average molecular weight is 416 g/mol. The van der Waals surface area contributed by atoms with E-state index in [1.165, 1.54) is 4.31 Å². The smallest absolute Gasteiger partial charge is 0.243 e. The van der Waals surface area contributed by atoms with Gasteiger partial charge in [0.1, 0.15) is 11.6 Å². The van der Waals surface area contributed by atoms with Crippen molar-refractivity contribution in [2.24, 2.45) is 0 Å². The Morgan fingerprint density at radius 3 is 2.59 bits per heavy atom. The third-order valence-electron chi connectivity index (χ3n) is 5.66. The van der Waals surface area contributed by atoms with Gasteiger partial charge in [-0.05, 0) is 25.0 Å². The Morgan fingerprint density at radius 2 is 1.93 bits per heavy atom. The van der Waals surface area contributed by atoms with E-state index in [2.05, 4.69) is 5.32 Å². The second-order valence-electron chi connectivity index (χ2n) is 7.46. The van der Waals surface area contributed by atoms with E-state index < -0.39 is 10.0 Å². The van der Waals surface area contributed by atoms with Gasteiger partial charge in [-0.15, -0.1) is 0 Å². The number of likely N-dealkylation sites (tertiary alicyclic amines) is 1. The van der Waals surface area contributed by atoms with Crippen molar-refractivity contribution in [3.63, 3.8) is 0 Å². The zero-order valence-corrected chi connectivity index (χ0v) is 17.4. The van der Waals surface area contributed by atoms with Gasteiger partial charge in [0, 0.05) is 45.1 Å². The number of aromatic nitrogens is 2. The largest absolute Gasteiger partial charge is 0.373 e. The van der Waals surface area contributed by atoms with Gasteiger partial charge in [0.15, 0.2) is 0 Å². The number of nitrogens with zero attached hydrogens (tertiary/aromatic N) is 4. The van der Waals surface area contributed by atoms with Crippen LogP contribution < -0.4 is 5.32 Å². The molecule has 1 fully saturated rings. The Morgan fingerprint density at radius 1 is 1.17 bits per heavy atom. The lowest BCUT2D eigenvalue weighted by Crippen LogP contribution is -2.37. The Balaban J connectivity index is 1.64. The average Bonchev–Trinajstić information content (AvgIpc) is 3.24. The number of anilines is 1. The molecule has 1 N–H and O–H groups in total. The molecule has 0 bridgehead atoms. The summed E-state index contributed by atoms with van der Waals surface area (Å²) in [5.41, 5.74) is 1.71. The molecule has 0 spiro atoms. The molecule has 2 aromatic rings. The maximum Gasteiger partial charge on any atom is 0.243 e. The number of carbonyl (C=O) groups excluding carboxylic acids is 1. The first-order chi connectivity index (χ1) is 13.9. The molecule has 1 aromatic carbocycles. The number of carbonyl (C=O) groups is 1. The molecular formula is C20H25N5O3S. The minimum atomic E-state index is -3.58. The van der Waals surface area contributed by atoms with E-state index in [9.17, 15) is 13.2 Å². The van der Waals surface area contributed by atoms with E-state index in [0.29, 0.717) is 36.8 Å². The van der Waals surface area contributed by atoms with Gasteiger partial charge in [-0.1, -0.05) is 18.2 Å². The summed E-state index contributed by atoms with van der Waals surface area (Å²) in [6.45, 7) is 3.48. The molecular weight excluding hydrogens is 390 g/mol. The summed E-state index contributed by atoms with van der Waals surface area (Å²) in [5, 5.41) is 3.14. The number of hydrogen-bond donors (Lipinski definition) is 1. The van der Waals surface area contributed by atoms with Crippen molar-refractivity contribution >= 4 is 21.7 Å². The van der Waals surface area contributed by atoms with Crippen molar-refractivity contribution in [3.05, 3.63) is 47.4 Å². The van der Waals surface area contributed by atoms with E-state index in [0.717, 1.165) is 23.5 Å². The minimum absolute atomic E-state index is 0.0550. The molecule has 1 atom stereocenters. The lowest BCUT2D eigenvalue weighted by molar-refractivity contribution is -0.127. The summed E-state index contributed by atoms with van der Waals surface area (Å²) in [4.78, 5) is 23.2. The third kappa shape index (κ3) is 3.72. The van der Waals surface area contributed by atoms with Crippen LogP contribution >= 0.6 is 0 Å². The first-order valence-electron chi connectivity index (χ1n) is 9.78. The number of benzene rings is 1. The Kier molecular flexibility index (Phi) is 5.26. The zero-order chi connectivity index (χ0) is 20.6. The maximum atomic E-state index is 13.0. The molecule has 154 valence electrons. The van der Waals surface area contributed by atoms with Crippen LogP contribution in [0.4, 0.5) is 5.82 Å².